The summed E-state index contributed by atoms with van der Waals surface area (Å²) in [5, 5.41) is 7.40. The van der Waals surface area contributed by atoms with Crippen LogP contribution in [0.2, 0.25) is 0 Å². The van der Waals surface area contributed by atoms with E-state index in [1.54, 1.807) is 11.7 Å². The van der Waals surface area contributed by atoms with Crippen LogP contribution in [0.4, 0.5) is 0 Å². The fourth-order valence-electron chi connectivity index (χ4n) is 3.28. The summed E-state index contributed by atoms with van der Waals surface area (Å²) in [4.78, 5) is 12.6. The number of nitrogens with zero attached hydrogens (tertiary/aromatic N) is 2. The van der Waals surface area contributed by atoms with Gasteiger partial charge in [-0.2, -0.15) is 5.10 Å². The number of ether oxygens (including phenoxy) is 2. The number of hydrogen-bond donors (Lipinski definition) is 1. The minimum absolute atomic E-state index is 0.0858. The van der Waals surface area contributed by atoms with E-state index in [0.29, 0.717) is 25.3 Å². The summed E-state index contributed by atoms with van der Waals surface area (Å²) in [6.07, 6.45) is 0.703. The summed E-state index contributed by atoms with van der Waals surface area (Å²) in [7, 11) is 1.80. The number of nitrogens with one attached hydrogen (secondary N) is 1. The summed E-state index contributed by atoms with van der Waals surface area (Å²) < 4.78 is 13.2. The maximum Gasteiger partial charge on any atom is 0.269 e. The molecular formula is C19H25N3O3. The number of carbonyl (C=O) groups is 1. The molecule has 0 unspecified atom stereocenters. The van der Waals surface area contributed by atoms with Crippen LogP contribution < -0.4 is 10.1 Å². The van der Waals surface area contributed by atoms with Crippen LogP contribution >= 0.6 is 0 Å². The molecule has 25 heavy (non-hydrogen) atoms. The Kier molecular flexibility index (Phi) is 5.08. The van der Waals surface area contributed by atoms with Crippen LogP contribution in [0.3, 0.4) is 0 Å². The lowest BCUT2D eigenvalue weighted by atomic mass is 9.99. The first-order valence-corrected chi connectivity index (χ1v) is 8.65. The summed E-state index contributed by atoms with van der Waals surface area (Å²) >= 11 is 0. The molecule has 134 valence electrons. The topological polar surface area (TPSA) is 65.4 Å². The molecule has 1 aliphatic heterocycles. The van der Waals surface area contributed by atoms with Gasteiger partial charge < -0.3 is 14.8 Å². The largest absolute Gasteiger partial charge is 0.491 e. The van der Waals surface area contributed by atoms with E-state index in [1.807, 2.05) is 45.0 Å². The summed E-state index contributed by atoms with van der Waals surface area (Å²) in [6, 6.07) is 7.84. The molecule has 2 aromatic rings. The molecular weight excluding hydrogens is 318 g/mol. The lowest BCUT2D eigenvalue weighted by Gasteiger charge is -2.24. The first kappa shape index (κ1) is 17.5. The van der Waals surface area contributed by atoms with Gasteiger partial charge in [-0.25, -0.2) is 0 Å². The molecule has 1 N–H and O–H groups in total. The molecule has 0 radical (unpaired) electrons. The maximum absolute atomic E-state index is 12.6. The van der Waals surface area contributed by atoms with Crippen molar-refractivity contribution in [2.75, 3.05) is 13.2 Å². The average molecular weight is 343 g/mol. The minimum Gasteiger partial charge on any atom is -0.491 e. The zero-order valence-corrected chi connectivity index (χ0v) is 15.2. The third kappa shape index (κ3) is 3.69. The van der Waals surface area contributed by atoms with Gasteiger partial charge in [0.05, 0.1) is 24.4 Å². The maximum atomic E-state index is 12.6. The molecule has 0 saturated carbocycles. The molecule has 0 spiro atoms. The summed E-state index contributed by atoms with van der Waals surface area (Å²) in [6.45, 7) is 6.85. The van der Waals surface area contributed by atoms with E-state index in [9.17, 15) is 4.79 Å². The van der Waals surface area contributed by atoms with E-state index in [2.05, 4.69) is 10.4 Å². The van der Waals surface area contributed by atoms with Crippen LogP contribution in [-0.2, 0) is 18.2 Å². The van der Waals surface area contributed by atoms with Crippen LogP contribution in [0.5, 0.6) is 5.75 Å². The monoisotopic (exact) mass is 343 g/mol. The second kappa shape index (κ2) is 7.27. The van der Waals surface area contributed by atoms with Crippen LogP contribution in [0.15, 0.2) is 24.3 Å². The average Bonchev–Trinajstić information content (AvgIpc) is 2.89. The number of fused-ring (bicyclic) bond motifs is 1. The third-order valence-corrected chi connectivity index (χ3v) is 4.44. The number of para-hydroxylation sites is 1. The number of hydrogen-bond acceptors (Lipinski definition) is 4. The van der Waals surface area contributed by atoms with Gasteiger partial charge in [0.15, 0.2) is 0 Å². The van der Waals surface area contributed by atoms with Gasteiger partial charge in [-0.3, -0.25) is 9.48 Å². The van der Waals surface area contributed by atoms with E-state index in [4.69, 9.17) is 9.47 Å². The summed E-state index contributed by atoms with van der Waals surface area (Å²) in [5.74, 6) is 0.723. The van der Waals surface area contributed by atoms with E-state index >= 15 is 0 Å². The molecule has 0 fully saturated rings. The fourth-order valence-corrected chi connectivity index (χ4v) is 3.28. The quantitative estimate of drug-likeness (QED) is 0.848. The first-order chi connectivity index (χ1) is 12.0. The van der Waals surface area contributed by atoms with Crippen LogP contribution in [0.1, 0.15) is 47.3 Å². The number of aryl methyl sites for hydroxylation is 2. The summed E-state index contributed by atoms with van der Waals surface area (Å²) in [5.41, 5.74) is 3.55. The highest BCUT2D eigenvalue weighted by Crippen LogP contribution is 2.31. The minimum atomic E-state index is -0.120. The van der Waals surface area contributed by atoms with E-state index in [-0.39, 0.29) is 18.1 Å². The number of carbonyl (C=O) groups excluding carboxylic acids is 1. The van der Waals surface area contributed by atoms with Gasteiger partial charge in [-0.1, -0.05) is 18.2 Å². The molecule has 1 aromatic heterocycles. The Bertz CT molecular complexity index is 769. The first-order valence-electron chi connectivity index (χ1n) is 8.65. The van der Waals surface area contributed by atoms with Gasteiger partial charge in [-0.05, 0) is 32.4 Å². The van der Waals surface area contributed by atoms with E-state index in [0.717, 1.165) is 22.6 Å². The number of amides is 1. The predicted octanol–water partition coefficient (Wildman–Crippen LogP) is 2.56. The highest BCUT2D eigenvalue weighted by atomic mass is 16.5. The van der Waals surface area contributed by atoms with Gasteiger partial charge in [0.2, 0.25) is 0 Å². The molecule has 0 saturated heterocycles. The Morgan fingerprint density at radius 2 is 2.16 bits per heavy atom. The van der Waals surface area contributed by atoms with Crippen molar-refractivity contribution in [3.63, 3.8) is 0 Å². The predicted molar refractivity (Wildman–Crippen MR) is 94.9 cm³/mol. The Balaban J connectivity index is 1.62. The Morgan fingerprint density at radius 3 is 2.92 bits per heavy atom. The standard InChI is InChI=1S/C19H25N3O3/c1-12-7-5-6-8-16(12)24-10-9-20-19(23)18-15-11-13(2)25-14(3)17(15)21-22(18)4/h5-8,13-14H,9-11H2,1-4H3,(H,20,23)/t13-,14+/m1/s1. The molecule has 3 rings (SSSR count). The number of rotatable bonds is 5. The lowest BCUT2D eigenvalue weighted by Crippen LogP contribution is -2.31. The second-order valence-electron chi connectivity index (χ2n) is 6.50. The highest BCUT2D eigenvalue weighted by Gasteiger charge is 2.31. The van der Waals surface area contributed by atoms with Crippen molar-refractivity contribution in [2.24, 2.45) is 7.05 Å². The highest BCUT2D eigenvalue weighted by molar-refractivity contribution is 5.94. The van der Waals surface area contributed by atoms with Gasteiger partial charge >= 0.3 is 0 Å². The van der Waals surface area contributed by atoms with Gasteiger partial charge in [0, 0.05) is 19.0 Å². The van der Waals surface area contributed by atoms with Gasteiger partial charge in [0.1, 0.15) is 18.1 Å². The molecule has 1 aromatic carbocycles. The fraction of sp³-hybridized carbons (Fsp3) is 0.474. The molecule has 0 bridgehead atoms. The van der Waals surface area contributed by atoms with Crippen molar-refractivity contribution in [1.29, 1.82) is 0 Å². The molecule has 6 nitrogen and oxygen atoms in total. The van der Waals surface area contributed by atoms with E-state index < -0.39 is 0 Å². The van der Waals surface area contributed by atoms with Crippen molar-refractivity contribution >= 4 is 5.91 Å². The zero-order chi connectivity index (χ0) is 18.0. The normalized spacial score (nSPS) is 19.4. The Hall–Kier alpha value is -2.34. The Morgan fingerprint density at radius 1 is 1.40 bits per heavy atom. The second-order valence-corrected chi connectivity index (χ2v) is 6.50. The smallest absolute Gasteiger partial charge is 0.269 e. The molecule has 2 heterocycles. The van der Waals surface area contributed by atoms with Crippen LogP contribution in [0.25, 0.3) is 0 Å². The molecule has 1 aliphatic rings. The Labute approximate surface area is 148 Å². The van der Waals surface area contributed by atoms with Gasteiger partial charge in [-0.15, -0.1) is 0 Å². The molecule has 0 aliphatic carbocycles. The lowest BCUT2D eigenvalue weighted by molar-refractivity contribution is -0.00710. The van der Waals surface area contributed by atoms with E-state index in [1.165, 1.54) is 0 Å². The van der Waals surface area contributed by atoms with Crippen molar-refractivity contribution in [3.8, 4) is 5.75 Å². The molecule has 6 heteroatoms. The molecule has 2 atom stereocenters. The van der Waals surface area contributed by atoms with Crippen LogP contribution in [0, 0.1) is 6.92 Å². The number of aromatic nitrogens is 2. The number of benzene rings is 1. The van der Waals surface area contributed by atoms with Crippen molar-refractivity contribution < 1.29 is 14.3 Å². The van der Waals surface area contributed by atoms with Crippen LogP contribution in [-0.4, -0.2) is 34.9 Å². The zero-order valence-electron chi connectivity index (χ0n) is 15.2. The molecule has 1 amide bonds. The third-order valence-electron chi connectivity index (χ3n) is 4.44. The SMILES string of the molecule is Cc1ccccc1OCCNC(=O)c1c2c(nn1C)[C@H](C)O[C@H](C)C2. The van der Waals surface area contributed by atoms with Crippen molar-refractivity contribution in [1.82, 2.24) is 15.1 Å². The van der Waals surface area contributed by atoms with Crippen molar-refractivity contribution in [3.05, 3.63) is 46.8 Å². The van der Waals surface area contributed by atoms with Gasteiger partial charge in [0.25, 0.3) is 5.91 Å². The van der Waals surface area contributed by atoms with Crippen molar-refractivity contribution in [2.45, 2.75) is 39.4 Å².